The fourth-order valence-corrected chi connectivity index (χ4v) is 3.75. The summed E-state index contributed by atoms with van der Waals surface area (Å²) in [5.41, 5.74) is 1.92. The number of methoxy groups -OCH3 is 2. The first-order chi connectivity index (χ1) is 15.4. The number of amides is 3. The van der Waals surface area contributed by atoms with Crippen molar-refractivity contribution in [2.24, 2.45) is 11.8 Å². The van der Waals surface area contributed by atoms with Crippen LogP contribution in [0.3, 0.4) is 0 Å². The summed E-state index contributed by atoms with van der Waals surface area (Å²) in [4.78, 5) is 50.7. The number of nitrogens with one attached hydrogen (secondary N) is 3. The predicted octanol–water partition coefficient (Wildman–Crippen LogP) is 0.918. The maximum absolute atomic E-state index is 13.0. The highest BCUT2D eigenvalue weighted by Crippen LogP contribution is 2.20. The summed E-state index contributed by atoms with van der Waals surface area (Å²) >= 11 is 0. The molecule has 0 saturated carbocycles. The Kier molecular flexibility index (Phi) is 11.0. The SMILES string of the molecule is C/C=C/[C@@H](OC)C(C)C(=O)NC(C(=O)N[C@@H](C)C(=O)N1CCCC(C)(C(=O)OC)N1)C(C)C. The van der Waals surface area contributed by atoms with Crippen molar-refractivity contribution < 1.29 is 28.7 Å². The van der Waals surface area contributed by atoms with E-state index >= 15 is 0 Å². The van der Waals surface area contributed by atoms with Gasteiger partial charge in [0.25, 0.3) is 5.91 Å². The van der Waals surface area contributed by atoms with E-state index in [4.69, 9.17) is 9.47 Å². The van der Waals surface area contributed by atoms with E-state index in [0.717, 1.165) is 0 Å². The number of carbonyl (C=O) groups is 4. The summed E-state index contributed by atoms with van der Waals surface area (Å²) in [6.45, 7) is 10.8. The maximum Gasteiger partial charge on any atom is 0.327 e. The molecule has 0 aromatic carbocycles. The molecular weight excluding hydrogens is 428 g/mol. The third kappa shape index (κ3) is 7.53. The van der Waals surface area contributed by atoms with Gasteiger partial charge in [-0.1, -0.05) is 32.9 Å². The molecule has 0 bridgehead atoms. The molecule has 0 aliphatic carbocycles. The summed E-state index contributed by atoms with van der Waals surface area (Å²) < 4.78 is 10.2. The summed E-state index contributed by atoms with van der Waals surface area (Å²) in [6, 6.07) is -1.69. The van der Waals surface area contributed by atoms with E-state index in [0.29, 0.717) is 19.4 Å². The van der Waals surface area contributed by atoms with Gasteiger partial charge >= 0.3 is 5.97 Å². The minimum absolute atomic E-state index is 0.207. The van der Waals surface area contributed by atoms with Gasteiger partial charge in [0, 0.05) is 13.7 Å². The van der Waals surface area contributed by atoms with Crippen molar-refractivity contribution in [1.82, 2.24) is 21.1 Å². The Morgan fingerprint density at radius 1 is 1.06 bits per heavy atom. The Hall–Kier alpha value is -2.46. The second-order valence-corrected chi connectivity index (χ2v) is 9.00. The molecule has 10 heteroatoms. The monoisotopic (exact) mass is 468 g/mol. The topological polar surface area (TPSA) is 126 Å². The lowest BCUT2D eigenvalue weighted by Gasteiger charge is -2.40. The third-order valence-corrected chi connectivity index (χ3v) is 5.88. The van der Waals surface area contributed by atoms with Gasteiger partial charge in [0.15, 0.2) is 0 Å². The third-order valence-electron chi connectivity index (χ3n) is 5.88. The molecule has 33 heavy (non-hydrogen) atoms. The van der Waals surface area contributed by atoms with E-state index in [9.17, 15) is 19.2 Å². The molecule has 5 atom stereocenters. The van der Waals surface area contributed by atoms with E-state index in [1.165, 1.54) is 19.2 Å². The van der Waals surface area contributed by atoms with Crippen LogP contribution in [0.2, 0.25) is 0 Å². The molecule has 10 nitrogen and oxygen atoms in total. The minimum atomic E-state index is -1.01. The molecule has 0 radical (unpaired) electrons. The first-order valence-electron chi connectivity index (χ1n) is 11.4. The first kappa shape index (κ1) is 28.6. The van der Waals surface area contributed by atoms with Crippen LogP contribution in [0.1, 0.15) is 54.4 Å². The smallest absolute Gasteiger partial charge is 0.327 e. The second kappa shape index (κ2) is 12.7. The van der Waals surface area contributed by atoms with Gasteiger partial charge in [0.1, 0.15) is 17.6 Å². The lowest BCUT2D eigenvalue weighted by atomic mass is 9.94. The van der Waals surface area contributed by atoms with Crippen LogP contribution in [0.15, 0.2) is 12.2 Å². The van der Waals surface area contributed by atoms with Crippen molar-refractivity contribution in [3.8, 4) is 0 Å². The average Bonchev–Trinajstić information content (AvgIpc) is 2.78. The van der Waals surface area contributed by atoms with Crippen LogP contribution in [-0.2, 0) is 28.7 Å². The number of hydrazine groups is 1. The number of hydrogen-bond acceptors (Lipinski definition) is 7. The molecule has 3 amide bonds. The molecule has 1 heterocycles. The molecule has 3 unspecified atom stereocenters. The molecule has 1 aliphatic rings. The van der Waals surface area contributed by atoms with Crippen LogP contribution in [0, 0.1) is 11.8 Å². The van der Waals surface area contributed by atoms with Crippen molar-refractivity contribution in [1.29, 1.82) is 0 Å². The predicted molar refractivity (Wildman–Crippen MR) is 124 cm³/mol. The molecule has 188 valence electrons. The van der Waals surface area contributed by atoms with Gasteiger partial charge < -0.3 is 20.1 Å². The Balaban J connectivity index is 2.83. The van der Waals surface area contributed by atoms with E-state index in [1.807, 2.05) is 20.8 Å². The number of allylic oxidation sites excluding steroid dienone is 1. The van der Waals surface area contributed by atoms with Gasteiger partial charge in [-0.15, -0.1) is 0 Å². The average molecular weight is 469 g/mol. The lowest BCUT2D eigenvalue weighted by Crippen LogP contribution is -2.65. The number of ether oxygens (including phenoxy) is 2. The Morgan fingerprint density at radius 3 is 2.21 bits per heavy atom. The first-order valence-corrected chi connectivity index (χ1v) is 11.4. The molecule has 0 spiro atoms. The Labute approximate surface area is 196 Å². The number of carbonyl (C=O) groups excluding carboxylic acids is 4. The summed E-state index contributed by atoms with van der Waals surface area (Å²) in [5.74, 6) is -2.33. The Bertz CT molecular complexity index is 740. The minimum Gasteiger partial charge on any atom is -0.468 e. The zero-order chi connectivity index (χ0) is 25.3. The highest BCUT2D eigenvalue weighted by atomic mass is 16.5. The standard InChI is InChI=1S/C23H40N4O6/c1-9-11-17(32-7)15(4)19(28)25-18(14(2)3)20(29)24-16(5)21(30)27-13-10-12-23(6,26-27)22(31)33-8/h9,11,14-18,26H,10,12-13H2,1-8H3,(H,24,29)(H,25,28)/b11-9+/t15?,16-,17+,18?,23?/m0/s1. The quantitative estimate of drug-likeness (QED) is 0.321. The molecule has 1 rings (SSSR count). The van der Waals surface area contributed by atoms with Gasteiger partial charge in [-0.25, -0.2) is 5.43 Å². The summed E-state index contributed by atoms with van der Waals surface area (Å²) in [7, 11) is 2.82. The molecule has 0 aromatic rings. The van der Waals surface area contributed by atoms with E-state index < -0.39 is 41.5 Å². The Morgan fingerprint density at radius 2 is 1.70 bits per heavy atom. The fourth-order valence-electron chi connectivity index (χ4n) is 3.75. The highest BCUT2D eigenvalue weighted by Gasteiger charge is 2.41. The molecule has 1 fully saturated rings. The number of nitrogens with zero attached hydrogens (tertiary/aromatic N) is 1. The van der Waals surface area contributed by atoms with E-state index in [1.54, 1.807) is 32.9 Å². The molecular formula is C23H40N4O6. The summed E-state index contributed by atoms with van der Waals surface area (Å²) in [5, 5.41) is 6.82. The molecule has 3 N–H and O–H groups in total. The van der Waals surface area contributed by atoms with E-state index in [2.05, 4.69) is 16.1 Å². The van der Waals surface area contributed by atoms with Crippen LogP contribution >= 0.6 is 0 Å². The van der Waals surface area contributed by atoms with Crippen LogP contribution in [0.25, 0.3) is 0 Å². The van der Waals surface area contributed by atoms with Crippen LogP contribution < -0.4 is 16.1 Å². The summed E-state index contributed by atoms with van der Waals surface area (Å²) in [6.07, 6.45) is 4.31. The number of hydrogen-bond donors (Lipinski definition) is 3. The number of rotatable bonds is 10. The van der Waals surface area contributed by atoms with Crippen molar-refractivity contribution in [3.05, 3.63) is 12.2 Å². The zero-order valence-corrected chi connectivity index (χ0v) is 21.1. The lowest BCUT2D eigenvalue weighted by molar-refractivity contribution is -0.157. The molecule has 1 aliphatic heterocycles. The van der Waals surface area contributed by atoms with Gasteiger partial charge in [-0.2, -0.15) is 0 Å². The van der Waals surface area contributed by atoms with Gasteiger partial charge in [-0.3, -0.25) is 24.2 Å². The van der Waals surface area contributed by atoms with Crippen molar-refractivity contribution in [2.75, 3.05) is 20.8 Å². The van der Waals surface area contributed by atoms with Gasteiger partial charge in [0.05, 0.1) is 19.1 Å². The van der Waals surface area contributed by atoms with E-state index in [-0.39, 0.29) is 17.7 Å². The molecule has 0 aromatic heterocycles. The second-order valence-electron chi connectivity index (χ2n) is 9.00. The van der Waals surface area contributed by atoms with Gasteiger partial charge in [-0.05, 0) is 39.5 Å². The van der Waals surface area contributed by atoms with Crippen LogP contribution in [-0.4, -0.2) is 73.2 Å². The van der Waals surface area contributed by atoms with Crippen LogP contribution in [0.4, 0.5) is 0 Å². The van der Waals surface area contributed by atoms with Crippen molar-refractivity contribution in [2.45, 2.75) is 78.1 Å². The van der Waals surface area contributed by atoms with Gasteiger partial charge in [0.2, 0.25) is 11.8 Å². The van der Waals surface area contributed by atoms with Crippen molar-refractivity contribution >= 4 is 23.7 Å². The fraction of sp³-hybridized carbons (Fsp3) is 0.739. The largest absolute Gasteiger partial charge is 0.468 e. The molecule has 1 saturated heterocycles. The van der Waals surface area contributed by atoms with Crippen molar-refractivity contribution in [3.63, 3.8) is 0 Å². The highest BCUT2D eigenvalue weighted by molar-refractivity contribution is 5.92. The zero-order valence-electron chi connectivity index (χ0n) is 21.1. The normalized spacial score (nSPS) is 22.4. The van der Waals surface area contributed by atoms with Crippen LogP contribution in [0.5, 0.6) is 0 Å². The number of esters is 1. The maximum atomic E-state index is 13.0.